The maximum Gasteiger partial charge on any atom is 0.243 e. The molecule has 1 saturated heterocycles. The molecule has 0 bridgehead atoms. The molecule has 1 aliphatic carbocycles. The van der Waals surface area contributed by atoms with Crippen LogP contribution in [-0.2, 0) is 21.2 Å². The molecule has 1 amide bonds. The Morgan fingerprint density at radius 2 is 2.06 bits per heavy atom. The zero-order valence-corrected chi connectivity index (χ0v) is 19.3. The fraction of sp³-hybridized carbons (Fsp3) is 0.682. The van der Waals surface area contributed by atoms with Crippen molar-refractivity contribution in [2.24, 2.45) is 0 Å². The standard InChI is InChI=1S/C22H33FN4O3S/c1-14-7-8-19(23)18-12-20(25-21(14)18)22(28)24-15-5-4-6-16(11-15)27-10-9-17(13-27)26(2)31(3,29)30/h7-8,15-17,20,25H,4-6,9-13H2,1-3H3,(H,24,28)/t15-,16+,17-,20?/m1/s1. The third-order valence-corrected chi connectivity index (χ3v) is 8.59. The van der Waals surface area contributed by atoms with Crippen LogP contribution in [0.5, 0.6) is 0 Å². The van der Waals surface area contributed by atoms with Gasteiger partial charge in [-0.25, -0.2) is 17.1 Å². The number of sulfonamides is 1. The highest BCUT2D eigenvalue weighted by molar-refractivity contribution is 7.88. The Morgan fingerprint density at radius 3 is 2.77 bits per heavy atom. The van der Waals surface area contributed by atoms with Crippen molar-refractivity contribution in [1.29, 1.82) is 0 Å². The Balaban J connectivity index is 1.32. The Morgan fingerprint density at radius 1 is 1.29 bits per heavy atom. The molecule has 2 heterocycles. The lowest BCUT2D eigenvalue weighted by atomic mass is 9.90. The molecule has 0 radical (unpaired) electrons. The largest absolute Gasteiger partial charge is 0.373 e. The van der Waals surface area contributed by atoms with Gasteiger partial charge in [0, 0.05) is 55.9 Å². The van der Waals surface area contributed by atoms with Crippen LogP contribution in [0, 0.1) is 12.7 Å². The van der Waals surface area contributed by atoms with Crippen LogP contribution in [0.25, 0.3) is 0 Å². The summed E-state index contributed by atoms with van der Waals surface area (Å²) in [5.41, 5.74) is 2.30. The summed E-state index contributed by atoms with van der Waals surface area (Å²) in [4.78, 5) is 15.3. The van der Waals surface area contributed by atoms with Crippen molar-refractivity contribution in [1.82, 2.24) is 14.5 Å². The number of nitrogens with zero attached hydrogens (tertiary/aromatic N) is 2. The highest BCUT2D eigenvalue weighted by Gasteiger charge is 2.37. The maximum absolute atomic E-state index is 14.1. The van der Waals surface area contributed by atoms with Gasteiger partial charge < -0.3 is 10.6 Å². The van der Waals surface area contributed by atoms with Gasteiger partial charge in [-0.2, -0.15) is 0 Å². The van der Waals surface area contributed by atoms with Gasteiger partial charge in [-0.3, -0.25) is 9.69 Å². The van der Waals surface area contributed by atoms with E-state index in [9.17, 15) is 17.6 Å². The number of hydrogen-bond donors (Lipinski definition) is 2. The van der Waals surface area contributed by atoms with Gasteiger partial charge >= 0.3 is 0 Å². The first-order valence-corrected chi connectivity index (χ1v) is 13.0. The van der Waals surface area contributed by atoms with Gasteiger partial charge in [0.1, 0.15) is 11.9 Å². The summed E-state index contributed by atoms with van der Waals surface area (Å²) < 4.78 is 39.3. The zero-order valence-electron chi connectivity index (χ0n) is 18.5. The number of fused-ring (bicyclic) bond motifs is 1. The Labute approximate surface area is 184 Å². The number of aryl methyl sites for hydroxylation is 1. The summed E-state index contributed by atoms with van der Waals surface area (Å²) in [7, 11) is -1.53. The summed E-state index contributed by atoms with van der Waals surface area (Å²) in [6.45, 7) is 3.54. The molecular weight excluding hydrogens is 419 g/mol. The van der Waals surface area contributed by atoms with Crippen molar-refractivity contribution in [2.75, 3.05) is 31.7 Å². The molecular formula is C22H33FN4O3S. The van der Waals surface area contributed by atoms with Crippen LogP contribution in [0.1, 0.15) is 43.2 Å². The summed E-state index contributed by atoms with van der Waals surface area (Å²) >= 11 is 0. The monoisotopic (exact) mass is 452 g/mol. The Kier molecular flexibility index (Phi) is 6.29. The molecule has 3 aliphatic rings. The van der Waals surface area contributed by atoms with E-state index in [2.05, 4.69) is 15.5 Å². The van der Waals surface area contributed by atoms with E-state index in [1.165, 1.54) is 16.6 Å². The van der Waals surface area contributed by atoms with Crippen molar-refractivity contribution < 1.29 is 17.6 Å². The fourth-order valence-corrected chi connectivity index (χ4v) is 6.04. The minimum atomic E-state index is -3.19. The average Bonchev–Trinajstić information content (AvgIpc) is 3.38. The van der Waals surface area contributed by atoms with Gasteiger partial charge in [0.15, 0.2) is 0 Å². The second kappa shape index (κ2) is 8.67. The summed E-state index contributed by atoms with van der Waals surface area (Å²) in [6.07, 6.45) is 6.38. The van der Waals surface area contributed by atoms with Gasteiger partial charge in [-0.15, -0.1) is 0 Å². The number of halogens is 1. The van der Waals surface area contributed by atoms with E-state index in [-0.39, 0.29) is 23.8 Å². The van der Waals surface area contributed by atoms with E-state index in [4.69, 9.17) is 0 Å². The number of nitrogens with one attached hydrogen (secondary N) is 2. The van der Waals surface area contributed by atoms with Crippen molar-refractivity contribution in [3.8, 4) is 0 Å². The lowest BCUT2D eigenvalue weighted by Crippen LogP contribution is -2.49. The number of likely N-dealkylation sites (N-methyl/N-ethyl adjacent to an activating group) is 1. The van der Waals surface area contributed by atoms with Crippen molar-refractivity contribution in [3.05, 3.63) is 29.1 Å². The number of carbonyl (C=O) groups is 1. The topological polar surface area (TPSA) is 81.8 Å². The van der Waals surface area contributed by atoms with Crippen LogP contribution >= 0.6 is 0 Å². The summed E-state index contributed by atoms with van der Waals surface area (Å²) in [5, 5.41) is 6.40. The number of amides is 1. The van der Waals surface area contributed by atoms with E-state index in [0.29, 0.717) is 18.0 Å². The predicted octanol–water partition coefficient (Wildman–Crippen LogP) is 1.86. The summed E-state index contributed by atoms with van der Waals surface area (Å²) in [6, 6.07) is 3.22. The first kappa shape index (κ1) is 22.5. The third kappa shape index (κ3) is 4.73. The van der Waals surface area contributed by atoms with E-state index in [1.807, 2.05) is 6.92 Å². The molecule has 2 aliphatic heterocycles. The molecule has 2 fully saturated rings. The second-order valence-electron chi connectivity index (χ2n) is 9.36. The number of benzene rings is 1. The molecule has 0 aromatic heterocycles. The number of hydrogen-bond acceptors (Lipinski definition) is 5. The summed E-state index contributed by atoms with van der Waals surface area (Å²) in [5.74, 6) is -0.333. The highest BCUT2D eigenvalue weighted by Crippen LogP contribution is 2.32. The molecule has 1 saturated carbocycles. The third-order valence-electron chi connectivity index (χ3n) is 7.25. The van der Waals surface area contributed by atoms with E-state index >= 15 is 0 Å². The van der Waals surface area contributed by atoms with Gasteiger partial charge in [-0.1, -0.05) is 6.07 Å². The number of carbonyl (C=O) groups excluding carboxylic acids is 1. The van der Waals surface area contributed by atoms with E-state index < -0.39 is 16.1 Å². The number of likely N-dealkylation sites (tertiary alicyclic amines) is 1. The molecule has 1 aromatic rings. The van der Waals surface area contributed by atoms with Crippen LogP contribution in [-0.4, -0.2) is 74.1 Å². The second-order valence-corrected chi connectivity index (χ2v) is 11.4. The van der Waals surface area contributed by atoms with Crippen molar-refractivity contribution in [3.63, 3.8) is 0 Å². The van der Waals surface area contributed by atoms with Gasteiger partial charge in [0.25, 0.3) is 0 Å². The van der Waals surface area contributed by atoms with Crippen LogP contribution in [0.4, 0.5) is 10.1 Å². The van der Waals surface area contributed by atoms with Crippen molar-refractivity contribution in [2.45, 2.75) is 69.6 Å². The molecule has 2 N–H and O–H groups in total. The predicted molar refractivity (Wildman–Crippen MR) is 119 cm³/mol. The molecule has 7 nitrogen and oxygen atoms in total. The molecule has 4 atom stereocenters. The highest BCUT2D eigenvalue weighted by atomic mass is 32.2. The quantitative estimate of drug-likeness (QED) is 0.713. The fourth-order valence-electron chi connectivity index (χ4n) is 5.32. The SMILES string of the molecule is Cc1ccc(F)c2c1NC(C(=O)N[C@@H]1CCC[C@H](N3CC[C@@H](N(C)S(C)(=O)=O)C3)C1)C2. The molecule has 9 heteroatoms. The van der Waals surface area contributed by atoms with Crippen LogP contribution in [0.3, 0.4) is 0 Å². The van der Waals surface area contributed by atoms with Gasteiger partial charge in [0.2, 0.25) is 15.9 Å². The van der Waals surface area contributed by atoms with Gasteiger partial charge in [-0.05, 0) is 50.7 Å². The molecule has 0 spiro atoms. The average molecular weight is 453 g/mol. The van der Waals surface area contributed by atoms with Crippen LogP contribution in [0.2, 0.25) is 0 Å². The molecule has 1 aromatic carbocycles. The Hall–Kier alpha value is -1.71. The Bertz CT molecular complexity index is 923. The first-order chi connectivity index (χ1) is 14.6. The van der Waals surface area contributed by atoms with Crippen LogP contribution in [0.15, 0.2) is 12.1 Å². The number of anilines is 1. The van der Waals surface area contributed by atoms with Crippen molar-refractivity contribution >= 4 is 21.6 Å². The molecule has 1 unspecified atom stereocenters. The maximum atomic E-state index is 14.1. The zero-order chi connectivity index (χ0) is 22.3. The molecule has 4 rings (SSSR count). The molecule has 172 valence electrons. The smallest absolute Gasteiger partial charge is 0.243 e. The minimum absolute atomic E-state index is 0.0179. The number of rotatable bonds is 5. The van der Waals surface area contributed by atoms with Gasteiger partial charge in [0.05, 0.1) is 6.26 Å². The minimum Gasteiger partial charge on any atom is -0.373 e. The van der Waals surface area contributed by atoms with Crippen LogP contribution < -0.4 is 10.6 Å². The first-order valence-electron chi connectivity index (χ1n) is 11.2. The van der Waals surface area contributed by atoms with E-state index in [1.54, 1.807) is 13.1 Å². The molecule has 31 heavy (non-hydrogen) atoms. The normalized spacial score (nSPS) is 29.1. The lowest BCUT2D eigenvalue weighted by molar-refractivity contribution is -0.122. The lowest BCUT2D eigenvalue weighted by Gasteiger charge is -2.36. The van der Waals surface area contributed by atoms with E-state index in [0.717, 1.165) is 56.4 Å².